The van der Waals surface area contributed by atoms with Gasteiger partial charge < -0.3 is 28.8 Å². The zero-order valence-electron chi connectivity index (χ0n) is 28.6. The van der Waals surface area contributed by atoms with Gasteiger partial charge in [-0.25, -0.2) is 0 Å². The SMILES string of the molecule is CC/C=C\C/C=C\C/C=C\C/C=C\CCC(=O)NC(COP(=O)([O-])OCC[N+](C)(C)C)C(O)CCCCCCCCCCC. The molecule has 44 heavy (non-hydrogen) atoms. The van der Waals surface area contributed by atoms with Gasteiger partial charge in [-0.05, 0) is 38.5 Å². The molecule has 0 aromatic carbocycles. The first kappa shape index (κ1) is 42.5. The van der Waals surface area contributed by atoms with Crippen LogP contribution in [-0.4, -0.2) is 68.5 Å². The summed E-state index contributed by atoms with van der Waals surface area (Å²) in [6.07, 6.45) is 31.4. The molecular weight excluding hydrogens is 575 g/mol. The fourth-order valence-electron chi connectivity index (χ4n) is 4.34. The van der Waals surface area contributed by atoms with Crippen molar-refractivity contribution in [1.29, 1.82) is 0 Å². The van der Waals surface area contributed by atoms with E-state index in [4.69, 9.17) is 9.05 Å². The van der Waals surface area contributed by atoms with Crippen LogP contribution in [0.1, 0.15) is 117 Å². The molecule has 0 saturated heterocycles. The largest absolute Gasteiger partial charge is 0.756 e. The van der Waals surface area contributed by atoms with Crippen LogP contribution in [0, 0.1) is 0 Å². The van der Waals surface area contributed by atoms with E-state index < -0.39 is 20.0 Å². The van der Waals surface area contributed by atoms with Crippen molar-refractivity contribution >= 4 is 13.7 Å². The molecular formula is C35H65N2O6P. The van der Waals surface area contributed by atoms with Crippen LogP contribution in [0.3, 0.4) is 0 Å². The number of hydrogen-bond acceptors (Lipinski definition) is 6. The molecule has 0 aromatic heterocycles. The number of phosphoric ester groups is 1. The Morgan fingerprint density at radius 2 is 1.34 bits per heavy atom. The number of aliphatic hydroxyl groups is 1. The maximum Gasteiger partial charge on any atom is 0.268 e. The summed E-state index contributed by atoms with van der Waals surface area (Å²) in [5.41, 5.74) is 0. The highest BCUT2D eigenvalue weighted by molar-refractivity contribution is 7.45. The van der Waals surface area contributed by atoms with Gasteiger partial charge in [0.15, 0.2) is 0 Å². The van der Waals surface area contributed by atoms with E-state index in [9.17, 15) is 19.4 Å². The normalized spacial score (nSPS) is 15.5. The highest BCUT2D eigenvalue weighted by atomic mass is 31.2. The summed E-state index contributed by atoms with van der Waals surface area (Å²) < 4.78 is 23.0. The Hall–Kier alpha value is -1.54. The number of unbranched alkanes of at least 4 members (excludes halogenated alkanes) is 8. The van der Waals surface area contributed by atoms with Gasteiger partial charge >= 0.3 is 0 Å². The molecule has 3 atom stereocenters. The first-order valence-electron chi connectivity index (χ1n) is 17.0. The quantitative estimate of drug-likeness (QED) is 0.0378. The molecule has 0 spiro atoms. The summed E-state index contributed by atoms with van der Waals surface area (Å²) in [6, 6.07) is -0.835. The lowest BCUT2D eigenvalue weighted by Crippen LogP contribution is -2.46. The van der Waals surface area contributed by atoms with Crippen molar-refractivity contribution < 1.29 is 32.9 Å². The second-order valence-electron chi connectivity index (χ2n) is 12.5. The second-order valence-corrected chi connectivity index (χ2v) is 13.9. The van der Waals surface area contributed by atoms with Crippen molar-refractivity contribution in [2.75, 3.05) is 40.9 Å². The molecule has 0 fully saturated rings. The van der Waals surface area contributed by atoms with Crippen LogP contribution in [-0.2, 0) is 18.4 Å². The summed E-state index contributed by atoms with van der Waals surface area (Å²) in [5.74, 6) is -0.251. The van der Waals surface area contributed by atoms with Gasteiger partial charge in [-0.1, -0.05) is 120 Å². The van der Waals surface area contributed by atoms with Crippen molar-refractivity contribution in [2.24, 2.45) is 0 Å². The van der Waals surface area contributed by atoms with Crippen molar-refractivity contribution in [2.45, 2.75) is 129 Å². The number of aliphatic hydroxyl groups excluding tert-OH is 1. The second kappa shape index (κ2) is 27.7. The van der Waals surface area contributed by atoms with Gasteiger partial charge in [0.25, 0.3) is 7.82 Å². The molecule has 1 amide bonds. The average molecular weight is 641 g/mol. The standard InChI is InChI=1S/C35H65N2O6P/c1-6-8-10-12-14-16-17-18-19-21-23-25-27-29-35(39)36-33(32-43-44(40,41)42-31-30-37(3,4)5)34(38)28-26-24-22-20-15-13-11-9-7-2/h8,10,14,16,18-19,23,25,33-34,38H,6-7,9,11-13,15,17,20-22,24,26-32H2,1-5H3,(H-,36,39,40,41)/b10-8-,16-14-,19-18-,25-23-. The molecule has 0 saturated carbocycles. The molecule has 0 heterocycles. The Morgan fingerprint density at radius 3 is 1.89 bits per heavy atom. The van der Waals surface area contributed by atoms with Crippen molar-refractivity contribution in [3.05, 3.63) is 48.6 Å². The Labute approximate surface area is 269 Å². The Balaban J connectivity index is 4.68. The number of nitrogens with zero attached hydrogens (tertiary/aromatic N) is 1. The van der Waals surface area contributed by atoms with E-state index in [1.807, 2.05) is 33.3 Å². The minimum Gasteiger partial charge on any atom is -0.756 e. The zero-order chi connectivity index (χ0) is 32.9. The molecule has 0 aliphatic carbocycles. The molecule has 3 unspecified atom stereocenters. The van der Waals surface area contributed by atoms with Crippen LogP contribution in [0.5, 0.6) is 0 Å². The maximum atomic E-state index is 12.7. The van der Waals surface area contributed by atoms with Crippen LogP contribution < -0.4 is 10.2 Å². The number of quaternary nitrogens is 1. The fraction of sp³-hybridized carbons (Fsp3) is 0.743. The molecule has 8 nitrogen and oxygen atoms in total. The first-order valence-corrected chi connectivity index (χ1v) is 18.4. The minimum absolute atomic E-state index is 0.00281. The molecule has 9 heteroatoms. The number of carbonyl (C=O) groups excluding carboxylic acids is 1. The van der Waals surface area contributed by atoms with Gasteiger partial charge in [0, 0.05) is 6.42 Å². The van der Waals surface area contributed by atoms with Crippen LogP contribution in [0.15, 0.2) is 48.6 Å². The highest BCUT2D eigenvalue weighted by Gasteiger charge is 2.24. The number of rotatable bonds is 29. The van der Waals surface area contributed by atoms with E-state index in [0.717, 1.165) is 44.9 Å². The number of amides is 1. The van der Waals surface area contributed by atoms with Gasteiger partial charge in [0.05, 0.1) is 39.9 Å². The number of likely N-dealkylation sites (N-methyl/N-ethyl adjacent to an activating group) is 1. The predicted molar refractivity (Wildman–Crippen MR) is 182 cm³/mol. The molecule has 0 bridgehead atoms. The lowest BCUT2D eigenvalue weighted by atomic mass is 10.0. The van der Waals surface area contributed by atoms with E-state index in [-0.39, 0.29) is 25.5 Å². The monoisotopic (exact) mass is 640 g/mol. The third-order valence-electron chi connectivity index (χ3n) is 7.09. The summed E-state index contributed by atoms with van der Waals surface area (Å²) in [6.45, 7) is 4.47. The molecule has 0 aliphatic heterocycles. The molecule has 0 aliphatic rings. The summed E-state index contributed by atoms with van der Waals surface area (Å²) >= 11 is 0. The van der Waals surface area contributed by atoms with Gasteiger partial charge in [-0.15, -0.1) is 0 Å². The van der Waals surface area contributed by atoms with E-state index in [1.165, 1.54) is 38.5 Å². The topological polar surface area (TPSA) is 108 Å². The Morgan fingerprint density at radius 1 is 0.818 bits per heavy atom. The maximum absolute atomic E-state index is 12.7. The number of carbonyl (C=O) groups is 1. The summed E-state index contributed by atoms with van der Waals surface area (Å²) in [7, 11) is 1.25. The van der Waals surface area contributed by atoms with Crippen LogP contribution in [0.25, 0.3) is 0 Å². The number of phosphoric acid groups is 1. The van der Waals surface area contributed by atoms with Crippen LogP contribution >= 0.6 is 7.82 Å². The molecule has 2 N–H and O–H groups in total. The van der Waals surface area contributed by atoms with Gasteiger partial charge in [0.1, 0.15) is 13.2 Å². The number of allylic oxidation sites excluding steroid dienone is 8. The average Bonchev–Trinajstić information content (AvgIpc) is 2.95. The predicted octanol–water partition coefficient (Wildman–Crippen LogP) is 7.55. The van der Waals surface area contributed by atoms with Crippen LogP contribution in [0.4, 0.5) is 0 Å². The third-order valence-corrected chi connectivity index (χ3v) is 8.06. The first-order chi connectivity index (χ1) is 21.0. The summed E-state index contributed by atoms with van der Waals surface area (Å²) in [4.78, 5) is 25.0. The number of nitrogens with one attached hydrogen (secondary N) is 1. The molecule has 256 valence electrons. The van der Waals surface area contributed by atoms with Gasteiger partial charge in [-0.3, -0.25) is 9.36 Å². The van der Waals surface area contributed by atoms with Gasteiger partial charge in [0.2, 0.25) is 5.91 Å². The van der Waals surface area contributed by atoms with Crippen molar-refractivity contribution in [1.82, 2.24) is 5.32 Å². The molecule has 0 aromatic rings. The van der Waals surface area contributed by atoms with E-state index >= 15 is 0 Å². The Bertz CT molecular complexity index is 866. The minimum atomic E-state index is -4.57. The Kier molecular flexibility index (Phi) is 26.8. The van der Waals surface area contributed by atoms with E-state index in [1.54, 1.807) is 0 Å². The zero-order valence-corrected chi connectivity index (χ0v) is 29.5. The van der Waals surface area contributed by atoms with Crippen LogP contribution in [0.2, 0.25) is 0 Å². The third kappa shape index (κ3) is 29.2. The lowest BCUT2D eigenvalue weighted by Gasteiger charge is -2.30. The number of hydrogen-bond donors (Lipinski definition) is 2. The lowest BCUT2D eigenvalue weighted by molar-refractivity contribution is -0.870. The molecule has 0 rings (SSSR count). The smallest absolute Gasteiger partial charge is 0.268 e. The fourth-order valence-corrected chi connectivity index (χ4v) is 5.06. The van der Waals surface area contributed by atoms with E-state index in [2.05, 4.69) is 55.6 Å². The highest BCUT2D eigenvalue weighted by Crippen LogP contribution is 2.38. The molecule has 0 radical (unpaired) electrons. The van der Waals surface area contributed by atoms with Gasteiger partial charge in [-0.2, -0.15) is 0 Å². The summed E-state index contributed by atoms with van der Waals surface area (Å²) in [5, 5.41) is 13.7. The van der Waals surface area contributed by atoms with Crippen molar-refractivity contribution in [3.63, 3.8) is 0 Å². The van der Waals surface area contributed by atoms with Crippen molar-refractivity contribution in [3.8, 4) is 0 Å². The van der Waals surface area contributed by atoms with E-state index in [0.29, 0.717) is 23.9 Å².